The second kappa shape index (κ2) is 4.50. The van der Waals surface area contributed by atoms with Gasteiger partial charge in [-0.05, 0) is 116 Å². The summed E-state index contributed by atoms with van der Waals surface area (Å²) in [5, 5.41) is 0. The maximum Gasteiger partial charge on any atom is 0.0274 e. The van der Waals surface area contributed by atoms with Gasteiger partial charge in [0, 0.05) is 4.32 Å². The Balaban J connectivity index is 1.48. The molecular weight excluding hydrogens is 368 g/mol. The molecule has 0 aromatic carbocycles. The van der Waals surface area contributed by atoms with Crippen LogP contribution >= 0.6 is 15.9 Å². The summed E-state index contributed by atoms with van der Waals surface area (Å²) in [5.74, 6) is 2.94. The van der Waals surface area contributed by atoms with E-state index in [1.165, 1.54) is 64.2 Å². The fourth-order valence-corrected chi connectivity index (χ4v) is 12.0. The molecule has 0 N–H and O–H groups in total. The summed E-state index contributed by atoms with van der Waals surface area (Å²) in [6.07, 6.45) is 22.5. The standard InChI is InChI=1S/C24H33Br/c1-3-20-6-17-5-18(7-20)10-22(9-17,13-20)23-11-19-8-21(4-2,14-23)15-24(25,12-19)16-23/h3-4,17-19H,1-2,5-16H2. The van der Waals surface area contributed by atoms with Crippen molar-refractivity contribution in [2.45, 2.75) is 81.4 Å². The SMILES string of the molecule is C=CC12CC3CC(C1)CC(C14CC5CC(Br)(CC(C=C)(C5)C1)C4)(C3)C2. The highest BCUT2D eigenvalue weighted by Gasteiger charge is 2.71. The Bertz CT molecular complexity index is 649. The lowest BCUT2D eigenvalue weighted by molar-refractivity contribution is -0.217. The van der Waals surface area contributed by atoms with Gasteiger partial charge in [0.1, 0.15) is 0 Å². The lowest BCUT2D eigenvalue weighted by Gasteiger charge is -2.75. The largest absolute Gasteiger partial charge is 0.103 e. The van der Waals surface area contributed by atoms with E-state index in [-0.39, 0.29) is 0 Å². The van der Waals surface area contributed by atoms with Gasteiger partial charge in [0.05, 0.1) is 0 Å². The molecule has 8 aliphatic rings. The predicted octanol–water partition coefficient (Wildman–Crippen LogP) is 7.05. The second-order valence-corrected chi connectivity index (χ2v) is 13.5. The first-order chi connectivity index (χ1) is 11.8. The fourth-order valence-electron chi connectivity index (χ4n) is 10.4. The van der Waals surface area contributed by atoms with E-state index < -0.39 is 0 Å². The van der Waals surface area contributed by atoms with Crippen LogP contribution in [-0.4, -0.2) is 4.32 Å². The maximum atomic E-state index is 4.35. The van der Waals surface area contributed by atoms with Crippen LogP contribution in [-0.2, 0) is 0 Å². The van der Waals surface area contributed by atoms with E-state index in [9.17, 15) is 0 Å². The Hall–Kier alpha value is -0.0400. The van der Waals surface area contributed by atoms with Crippen molar-refractivity contribution in [3.63, 3.8) is 0 Å². The molecule has 8 bridgehead atoms. The van der Waals surface area contributed by atoms with Crippen molar-refractivity contribution < 1.29 is 0 Å². The Labute approximate surface area is 162 Å². The summed E-state index contributed by atoms with van der Waals surface area (Å²) in [7, 11) is 0. The molecule has 0 radical (unpaired) electrons. The van der Waals surface area contributed by atoms with Crippen LogP contribution < -0.4 is 0 Å². The number of alkyl halides is 1. The highest BCUT2D eigenvalue weighted by Crippen LogP contribution is 2.80. The average Bonchev–Trinajstić information content (AvgIpc) is 2.51. The third-order valence-electron chi connectivity index (χ3n) is 10.1. The van der Waals surface area contributed by atoms with Crippen molar-refractivity contribution >= 4 is 15.9 Å². The lowest BCUT2D eigenvalue weighted by Crippen LogP contribution is -2.66. The smallest absolute Gasteiger partial charge is 0.0274 e. The van der Waals surface area contributed by atoms with Crippen LogP contribution in [0.3, 0.4) is 0 Å². The van der Waals surface area contributed by atoms with Gasteiger partial charge in [-0.2, -0.15) is 0 Å². The van der Waals surface area contributed by atoms with E-state index in [4.69, 9.17) is 0 Å². The molecule has 0 aromatic rings. The summed E-state index contributed by atoms with van der Waals surface area (Å²) < 4.78 is 0.422. The van der Waals surface area contributed by atoms with Crippen LogP contribution in [0.25, 0.3) is 0 Å². The molecule has 8 saturated carbocycles. The van der Waals surface area contributed by atoms with Gasteiger partial charge in [0.15, 0.2) is 0 Å². The minimum Gasteiger partial charge on any atom is -0.103 e. The van der Waals surface area contributed by atoms with Crippen LogP contribution in [0.5, 0.6) is 0 Å². The highest BCUT2D eigenvalue weighted by atomic mass is 79.9. The van der Waals surface area contributed by atoms with E-state index in [1.54, 1.807) is 12.8 Å². The number of allylic oxidation sites excluding steroid dienone is 2. The summed E-state index contributed by atoms with van der Waals surface area (Å²) >= 11 is 4.31. The van der Waals surface area contributed by atoms with E-state index in [1.807, 2.05) is 0 Å². The van der Waals surface area contributed by atoms with E-state index in [2.05, 4.69) is 41.2 Å². The van der Waals surface area contributed by atoms with Gasteiger partial charge < -0.3 is 0 Å². The van der Waals surface area contributed by atoms with Crippen LogP contribution in [0.2, 0.25) is 0 Å². The van der Waals surface area contributed by atoms with Crippen LogP contribution in [0, 0.1) is 39.4 Å². The van der Waals surface area contributed by atoms with Gasteiger partial charge in [-0.25, -0.2) is 0 Å². The predicted molar refractivity (Wildman–Crippen MR) is 108 cm³/mol. The topological polar surface area (TPSA) is 0 Å². The van der Waals surface area contributed by atoms with Crippen molar-refractivity contribution in [2.75, 3.05) is 0 Å². The molecule has 6 unspecified atom stereocenters. The van der Waals surface area contributed by atoms with Gasteiger partial charge >= 0.3 is 0 Å². The molecule has 0 aromatic heterocycles. The normalized spacial score (nSPS) is 63.8. The molecule has 0 spiro atoms. The van der Waals surface area contributed by atoms with Gasteiger partial charge in [0.2, 0.25) is 0 Å². The molecule has 8 rings (SSSR count). The van der Waals surface area contributed by atoms with Crippen molar-refractivity contribution in [3.05, 3.63) is 25.3 Å². The molecule has 1 heteroatoms. The van der Waals surface area contributed by atoms with Gasteiger partial charge in [-0.15, -0.1) is 13.2 Å². The van der Waals surface area contributed by atoms with Crippen LogP contribution in [0.1, 0.15) is 77.0 Å². The molecular formula is C24H33Br. The molecule has 0 saturated heterocycles. The maximum absolute atomic E-state index is 4.35. The molecule has 0 nitrogen and oxygen atoms in total. The molecule has 8 fully saturated rings. The average molecular weight is 401 g/mol. The number of halogens is 1. The minimum atomic E-state index is 0.422. The molecule has 6 atom stereocenters. The van der Waals surface area contributed by atoms with Crippen molar-refractivity contribution in [1.82, 2.24) is 0 Å². The zero-order chi connectivity index (χ0) is 17.1. The minimum absolute atomic E-state index is 0.422. The molecule has 0 aliphatic heterocycles. The summed E-state index contributed by atoms with van der Waals surface area (Å²) in [5.41, 5.74) is 2.15. The van der Waals surface area contributed by atoms with Crippen molar-refractivity contribution in [1.29, 1.82) is 0 Å². The molecule has 25 heavy (non-hydrogen) atoms. The van der Waals surface area contributed by atoms with E-state index >= 15 is 0 Å². The zero-order valence-corrected chi connectivity index (χ0v) is 17.3. The number of hydrogen-bond donors (Lipinski definition) is 0. The van der Waals surface area contributed by atoms with E-state index in [0.29, 0.717) is 26.0 Å². The van der Waals surface area contributed by atoms with Crippen LogP contribution in [0.4, 0.5) is 0 Å². The van der Waals surface area contributed by atoms with Crippen molar-refractivity contribution in [3.8, 4) is 0 Å². The Morgan fingerprint density at radius 2 is 1.24 bits per heavy atom. The Morgan fingerprint density at radius 3 is 1.88 bits per heavy atom. The lowest BCUT2D eigenvalue weighted by atomic mass is 9.31. The van der Waals surface area contributed by atoms with Crippen LogP contribution in [0.15, 0.2) is 25.3 Å². The third-order valence-corrected chi connectivity index (χ3v) is 11.0. The summed E-state index contributed by atoms with van der Waals surface area (Å²) in [6.45, 7) is 8.70. The second-order valence-electron chi connectivity index (χ2n) is 11.8. The molecule has 8 aliphatic carbocycles. The first-order valence-electron chi connectivity index (χ1n) is 10.8. The quantitative estimate of drug-likeness (QED) is 0.351. The van der Waals surface area contributed by atoms with Gasteiger partial charge in [0.25, 0.3) is 0 Å². The first kappa shape index (κ1) is 16.0. The summed E-state index contributed by atoms with van der Waals surface area (Å²) in [4.78, 5) is 0. The zero-order valence-electron chi connectivity index (χ0n) is 15.7. The molecule has 136 valence electrons. The van der Waals surface area contributed by atoms with E-state index in [0.717, 1.165) is 17.8 Å². The van der Waals surface area contributed by atoms with Gasteiger partial charge in [-0.3, -0.25) is 0 Å². The third kappa shape index (κ3) is 1.90. The first-order valence-corrected chi connectivity index (χ1v) is 11.6. The van der Waals surface area contributed by atoms with Gasteiger partial charge in [-0.1, -0.05) is 28.1 Å². The Morgan fingerprint density at radius 1 is 0.640 bits per heavy atom. The monoisotopic (exact) mass is 400 g/mol. The summed E-state index contributed by atoms with van der Waals surface area (Å²) in [6, 6.07) is 0. The molecule has 0 amide bonds. The Kier molecular flexibility index (Phi) is 2.88. The number of rotatable bonds is 3. The number of hydrogen-bond acceptors (Lipinski definition) is 0. The van der Waals surface area contributed by atoms with Crippen molar-refractivity contribution in [2.24, 2.45) is 39.4 Å². The fraction of sp³-hybridized carbons (Fsp3) is 0.833. The molecule has 0 heterocycles. The highest BCUT2D eigenvalue weighted by molar-refractivity contribution is 9.10.